The lowest BCUT2D eigenvalue weighted by atomic mass is 9.67. The smallest absolute Gasteiger partial charge is 0.258 e. The lowest BCUT2D eigenvalue weighted by Crippen LogP contribution is -2.26. The van der Waals surface area contributed by atoms with Gasteiger partial charge in [-0.2, -0.15) is 4.98 Å². The predicted molar refractivity (Wildman–Crippen MR) is 110 cm³/mol. The van der Waals surface area contributed by atoms with Gasteiger partial charge in [-0.3, -0.25) is 0 Å². The van der Waals surface area contributed by atoms with Gasteiger partial charge in [0.1, 0.15) is 0 Å². The fourth-order valence-electron chi connectivity index (χ4n) is 4.20. The molecule has 0 unspecified atom stereocenters. The van der Waals surface area contributed by atoms with Crippen LogP contribution >= 0.6 is 0 Å². The monoisotopic (exact) mass is 358 g/mol. The molecule has 27 heavy (non-hydrogen) atoms. The zero-order valence-corrected chi connectivity index (χ0v) is 16.4. The van der Waals surface area contributed by atoms with Gasteiger partial charge in [0.2, 0.25) is 5.82 Å². The third kappa shape index (κ3) is 3.23. The molecule has 0 bridgehead atoms. The number of benzene rings is 2. The molecule has 1 aliphatic rings. The molecule has 1 aliphatic carbocycles. The maximum atomic E-state index is 5.56. The molecule has 3 heteroatoms. The summed E-state index contributed by atoms with van der Waals surface area (Å²) in [6.45, 7) is 11.0. The minimum atomic E-state index is 0.356. The first-order valence-electron chi connectivity index (χ1n) is 9.76. The van der Waals surface area contributed by atoms with E-state index in [4.69, 9.17) is 4.52 Å². The lowest BCUT2D eigenvalue weighted by molar-refractivity contribution is 0.261. The van der Waals surface area contributed by atoms with Crippen LogP contribution in [0.5, 0.6) is 0 Å². The number of nitrogens with zero attached hydrogens (tertiary/aromatic N) is 2. The molecule has 0 saturated heterocycles. The van der Waals surface area contributed by atoms with E-state index in [1.807, 2.05) is 12.1 Å². The molecule has 0 radical (unpaired) electrons. The number of aromatic nitrogens is 2. The minimum absolute atomic E-state index is 0.356. The summed E-state index contributed by atoms with van der Waals surface area (Å²) in [6, 6.07) is 14.6. The number of allylic oxidation sites excluding steroid dienone is 1. The minimum Gasteiger partial charge on any atom is -0.334 e. The second-order valence-corrected chi connectivity index (χ2v) is 7.83. The van der Waals surface area contributed by atoms with Crippen LogP contribution in [0.25, 0.3) is 28.4 Å². The van der Waals surface area contributed by atoms with Gasteiger partial charge in [0.15, 0.2) is 0 Å². The van der Waals surface area contributed by atoms with E-state index in [2.05, 4.69) is 67.8 Å². The average Bonchev–Trinajstić information content (AvgIpc) is 3.18. The fraction of sp³-hybridized carbons (Fsp3) is 0.333. The highest BCUT2D eigenvalue weighted by Gasteiger charge is 2.33. The van der Waals surface area contributed by atoms with Gasteiger partial charge in [-0.15, -0.1) is 0 Å². The van der Waals surface area contributed by atoms with Gasteiger partial charge >= 0.3 is 0 Å². The molecule has 0 N–H and O–H groups in total. The van der Waals surface area contributed by atoms with Crippen molar-refractivity contribution in [1.29, 1.82) is 0 Å². The van der Waals surface area contributed by atoms with Crippen molar-refractivity contribution in [1.82, 2.24) is 10.1 Å². The van der Waals surface area contributed by atoms with Crippen LogP contribution in [0, 0.1) is 12.3 Å². The van der Waals surface area contributed by atoms with E-state index < -0.39 is 0 Å². The number of hydrogen-bond acceptors (Lipinski definition) is 3. The van der Waals surface area contributed by atoms with Crippen molar-refractivity contribution >= 4 is 5.57 Å². The van der Waals surface area contributed by atoms with Crippen LogP contribution in [0.15, 0.2) is 53.6 Å². The largest absolute Gasteiger partial charge is 0.334 e. The van der Waals surface area contributed by atoms with Crippen molar-refractivity contribution in [3.63, 3.8) is 0 Å². The topological polar surface area (TPSA) is 38.9 Å². The maximum absolute atomic E-state index is 5.56. The molecule has 0 saturated carbocycles. The Balaban J connectivity index is 1.68. The first kappa shape index (κ1) is 17.7. The van der Waals surface area contributed by atoms with Gasteiger partial charge in [-0.1, -0.05) is 55.4 Å². The van der Waals surface area contributed by atoms with Crippen molar-refractivity contribution in [3.05, 3.63) is 65.7 Å². The Bertz CT molecular complexity index is 995. The molecule has 0 amide bonds. The second kappa shape index (κ2) is 6.80. The van der Waals surface area contributed by atoms with E-state index in [0.717, 1.165) is 24.0 Å². The van der Waals surface area contributed by atoms with Gasteiger partial charge in [0.25, 0.3) is 5.89 Å². The Labute approximate surface area is 161 Å². The average molecular weight is 358 g/mol. The number of aryl methyl sites for hydroxylation is 1. The summed E-state index contributed by atoms with van der Waals surface area (Å²) in [7, 11) is 0. The Hall–Kier alpha value is -2.68. The Morgan fingerprint density at radius 1 is 1.04 bits per heavy atom. The molecule has 1 heterocycles. The molecule has 3 nitrogen and oxygen atoms in total. The summed E-state index contributed by atoms with van der Waals surface area (Å²) >= 11 is 0. The lowest BCUT2D eigenvalue weighted by Gasteiger charge is -2.38. The van der Waals surface area contributed by atoms with Gasteiger partial charge in [-0.25, -0.2) is 0 Å². The first-order valence-corrected chi connectivity index (χ1v) is 9.76. The predicted octanol–water partition coefficient (Wildman–Crippen LogP) is 6.48. The highest BCUT2D eigenvalue weighted by atomic mass is 16.5. The third-order valence-electron chi connectivity index (χ3n) is 6.09. The summed E-state index contributed by atoms with van der Waals surface area (Å²) in [5, 5.41) is 4.18. The zero-order valence-electron chi connectivity index (χ0n) is 16.4. The highest BCUT2D eigenvalue weighted by Crippen LogP contribution is 2.46. The van der Waals surface area contributed by atoms with Crippen LogP contribution in [0.1, 0.15) is 49.8 Å². The summed E-state index contributed by atoms with van der Waals surface area (Å²) in [4.78, 5) is 4.62. The van der Waals surface area contributed by atoms with Crippen LogP contribution in [-0.4, -0.2) is 10.1 Å². The van der Waals surface area contributed by atoms with E-state index in [-0.39, 0.29) is 0 Å². The van der Waals surface area contributed by atoms with Crippen LogP contribution in [0.4, 0.5) is 0 Å². The molecule has 0 aliphatic heterocycles. The van der Waals surface area contributed by atoms with Crippen molar-refractivity contribution in [2.75, 3.05) is 0 Å². The van der Waals surface area contributed by atoms with E-state index in [1.165, 1.54) is 35.1 Å². The van der Waals surface area contributed by atoms with E-state index in [9.17, 15) is 0 Å². The molecule has 0 atom stereocenters. The van der Waals surface area contributed by atoms with Crippen molar-refractivity contribution in [2.45, 2.75) is 46.5 Å². The zero-order chi connectivity index (χ0) is 19.0. The molecule has 0 fully saturated rings. The Morgan fingerprint density at radius 2 is 1.85 bits per heavy atom. The van der Waals surface area contributed by atoms with Gasteiger partial charge in [-0.05, 0) is 72.9 Å². The number of hydrogen-bond donors (Lipinski definition) is 0. The number of fused-ring (bicyclic) bond motifs is 1. The normalized spacial score (nSPS) is 15.6. The Morgan fingerprint density at radius 3 is 2.59 bits per heavy atom. The summed E-state index contributed by atoms with van der Waals surface area (Å²) in [6.07, 6.45) is 4.56. The van der Waals surface area contributed by atoms with Crippen molar-refractivity contribution < 1.29 is 4.52 Å². The molecule has 138 valence electrons. The van der Waals surface area contributed by atoms with Gasteiger partial charge in [0.05, 0.1) is 0 Å². The standard InChI is InChI=1S/C24H26N2O/c1-5-24(6-2)14-17(4)21-13-19(10-11-20(21)15-24)23-25-22(26-27-23)18-9-7-8-16(3)12-18/h7-13H,4-6,14-15H2,1-3H3. The maximum Gasteiger partial charge on any atom is 0.258 e. The summed E-state index contributed by atoms with van der Waals surface area (Å²) in [5.74, 6) is 1.19. The third-order valence-corrected chi connectivity index (χ3v) is 6.09. The molecule has 4 rings (SSSR count). The van der Waals surface area contributed by atoms with Crippen LogP contribution in [-0.2, 0) is 6.42 Å². The van der Waals surface area contributed by atoms with E-state index in [0.29, 0.717) is 17.1 Å². The van der Waals surface area contributed by atoms with Crippen LogP contribution < -0.4 is 0 Å². The first-order chi connectivity index (χ1) is 13.0. The van der Waals surface area contributed by atoms with Crippen LogP contribution in [0.3, 0.4) is 0 Å². The fourth-order valence-corrected chi connectivity index (χ4v) is 4.20. The molecular formula is C24H26N2O. The summed E-state index contributed by atoms with van der Waals surface area (Å²) < 4.78 is 5.56. The molecule has 2 aromatic carbocycles. The molecule has 0 spiro atoms. The molecule has 1 aromatic heterocycles. The van der Waals surface area contributed by atoms with Crippen molar-refractivity contribution in [2.24, 2.45) is 5.41 Å². The van der Waals surface area contributed by atoms with Crippen LogP contribution in [0.2, 0.25) is 0 Å². The highest BCUT2D eigenvalue weighted by molar-refractivity contribution is 5.73. The van der Waals surface area contributed by atoms with E-state index >= 15 is 0 Å². The van der Waals surface area contributed by atoms with E-state index in [1.54, 1.807) is 0 Å². The summed E-state index contributed by atoms with van der Waals surface area (Å²) in [5.41, 5.74) is 7.33. The molecular weight excluding hydrogens is 332 g/mol. The SMILES string of the molecule is C=C1CC(CC)(CC)Cc2ccc(-c3nc(-c4cccc(C)c4)no3)cc21. The quantitative estimate of drug-likeness (QED) is 0.536. The molecule has 3 aromatic rings. The number of rotatable bonds is 4. The Kier molecular flexibility index (Phi) is 4.47. The van der Waals surface area contributed by atoms with Gasteiger partial charge < -0.3 is 4.52 Å². The second-order valence-electron chi connectivity index (χ2n) is 7.83. The van der Waals surface area contributed by atoms with Gasteiger partial charge in [0, 0.05) is 11.1 Å². The van der Waals surface area contributed by atoms with Crippen molar-refractivity contribution in [3.8, 4) is 22.8 Å².